The predicted octanol–water partition coefficient (Wildman–Crippen LogP) is 3.91. The second-order valence-electron chi connectivity index (χ2n) is 10.0. The quantitative estimate of drug-likeness (QED) is 0.442. The number of carbonyl (C=O) groups is 3. The van der Waals surface area contributed by atoms with Crippen molar-refractivity contribution in [3.05, 3.63) is 89.5 Å². The normalized spacial score (nSPS) is 15.3. The van der Waals surface area contributed by atoms with Crippen LogP contribution in [0, 0.1) is 0 Å². The molecule has 0 saturated carbocycles. The summed E-state index contributed by atoms with van der Waals surface area (Å²) in [6.45, 7) is 3.76. The molecule has 4 rings (SSSR count). The van der Waals surface area contributed by atoms with Crippen LogP contribution in [-0.2, 0) is 33.9 Å². The van der Waals surface area contributed by atoms with Gasteiger partial charge in [-0.1, -0.05) is 66.7 Å². The van der Waals surface area contributed by atoms with Gasteiger partial charge in [0.25, 0.3) is 0 Å². The van der Waals surface area contributed by atoms with Crippen molar-refractivity contribution < 1.29 is 19.1 Å². The fraction of sp³-hybridized carbons (Fsp3) is 0.300. The Morgan fingerprint density at radius 2 is 1.71 bits per heavy atom. The number of fused-ring (bicyclic) bond motifs is 1. The van der Waals surface area contributed by atoms with Gasteiger partial charge in [-0.25, -0.2) is 4.79 Å². The summed E-state index contributed by atoms with van der Waals surface area (Å²) in [5, 5.41) is 5.32. The van der Waals surface area contributed by atoms with Crippen molar-refractivity contribution in [1.82, 2.24) is 10.6 Å². The minimum atomic E-state index is -1.08. The maximum absolute atomic E-state index is 13.7. The standard InChI is InChI=1S/C30H34N4O4/c1-30(2,31)28(36)33-25-17-16-22-8-5-7-11-26(22)34(27(25)35)18-20-12-14-21(15-13-20)24-10-6-4-9-23(24)19-38-29(37)32-3/h4-15,25H,16-19,31H2,1-3H3,(H,32,37)(H,33,36)/t25-/m1/s1. The van der Waals surface area contributed by atoms with Gasteiger partial charge in [0, 0.05) is 12.7 Å². The highest BCUT2D eigenvalue weighted by molar-refractivity contribution is 6.01. The lowest BCUT2D eigenvalue weighted by atomic mass is 9.99. The number of nitrogens with two attached hydrogens (primary N) is 1. The molecule has 3 aromatic carbocycles. The first-order valence-electron chi connectivity index (χ1n) is 12.7. The lowest BCUT2D eigenvalue weighted by Gasteiger charge is -2.28. The number of nitrogens with zero attached hydrogens (tertiary/aromatic N) is 1. The monoisotopic (exact) mass is 514 g/mol. The average Bonchev–Trinajstić information content (AvgIpc) is 3.04. The summed E-state index contributed by atoms with van der Waals surface area (Å²) < 4.78 is 5.25. The van der Waals surface area contributed by atoms with Crippen LogP contribution in [-0.4, -0.2) is 36.5 Å². The van der Waals surface area contributed by atoms with Crippen molar-refractivity contribution in [2.24, 2.45) is 5.73 Å². The van der Waals surface area contributed by atoms with Crippen LogP contribution in [0.2, 0.25) is 0 Å². The molecule has 0 saturated heterocycles. The van der Waals surface area contributed by atoms with Crippen molar-refractivity contribution in [3.63, 3.8) is 0 Å². The van der Waals surface area contributed by atoms with Crippen LogP contribution in [0.3, 0.4) is 0 Å². The molecule has 4 N–H and O–H groups in total. The Bertz CT molecular complexity index is 1310. The third-order valence-electron chi connectivity index (χ3n) is 6.63. The number of nitrogens with one attached hydrogen (secondary N) is 2. The molecular weight excluding hydrogens is 480 g/mol. The van der Waals surface area contributed by atoms with Crippen LogP contribution in [0.1, 0.15) is 37.0 Å². The summed E-state index contributed by atoms with van der Waals surface area (Å²) in [5.41, 5.74) is 10.6. The van der Waals surface area contributed by atoms with Crippen molar-refractivity contribution >= 4 is 23.6 Å². The number of amides is 3. The molecule has 1 heterocycles. The SMILES string of the molecule is CNC(=O)OCc1ccccc1-c1ccc(CN2C(=O)[C@H](NC(=O)C(C)(C)N)CCc3ccccc32)cc1. The summed E-state index contributed by atoms with van der Waals surface area (Å²) in [7, 11) is 1.52. The van der Waals surface area contributed by atoms with E-state index in [0.717, 1.165) is 33.5 Å². The Balaban J connectivity index is 1.57. The van der Waals surface area contributed by atoms with Crippen molar-refractivity contribution in [2.45, 2.75) is 51.4 Å². The number of ether oxygens (including phenoxy) is 1. The molecular formula is C30H34N4O4. The summed E-state index contributed by atoms with van der Waals surface area (Å²) in [6, 6.07) is 22.9. The molecule has 8 nitrogen and oxygen atoms in total. The van der Waals surface area contributed by atoms with E-state index in [1.54, 1.807) is 18.7 Å². The van der Waals surface area contributed by atoms with Gasteiger partial charge in [0.1, 0.15) is 12.6 Å². The third-order valence-corrected chi connectivity index (χ3v) is 6.63. The van der Waals surface area contributed by atoms with Gasteiger partial charge in [-0.05, 0) is 60.6 Å². The smallest absolute Gasteiger partial charge is 0.407 e. The second kappa shape index (κ2) is 11.5. The van der Waals surface area contributed by atoms with Crippen LogP contribution in [0.4, 0.5) is 10.5 Å². The van der Waals surface area contributed by atoms with Crippen molar-refractivity contribution in [3.8, 4) is 11.1 Å². The molecule has 0 spiro atoms. The molecule has 0 radical (unpaired) electrons. The van der Waals surface area contributed by atoms with E-state index in [0.29, 0.717) is 19.4 Å². The van der Waals surface area contributed by atoms with Crippen LogP contribution in [0.15, 0.2) is 72.8 Å². The fourth-order valence-electron chi connectivity index (χ4n) is 4.47. The van der Waals surface area contributed by atoms with E-state index in [1.165, 1.54) is 7.05 Å². The molecule has 198 valence electrons. The maximum Gasteiger partial charge on any atom is 0.407 e. The zero-order chi connectivity index (χ0) is 27.3. The first kappa shape index (κ1) is 26.9. The molecule has 1 aliphatic heterocycles. The molecule has 0 fully saturated rings. The number of benzene rings is 3. The molecule has 1 aliphatic rings. The van der Waals surface area contributed by atoms with Gasteiger partial charge < -0.3 is 26.0 Å². The van der Waals surface area contributed by atoms with E-state index in [9.17, 15) is 14.4 Å². The molecule has 8 heteroatoms. The highest BCUT2D eigenvalue weighted by Crippen LogP contribution is 2.30. The number of hydrogen-bond acceptors (Lipinski definition) is 5. The molecule has 1 atom stereocenters. The van der Waals surface area contributed by atoms with Crippen molar-refractivity contribution in [2.75, 3.05) is 11.9 Å². The summed E-state index contributed by atoms with van der Waals surface area (Å²) in [4.78, 5) is 39.6. The molecule has 0 bridgehead atoms. The number of para-hydroxylation sites is 1. The van der Waals surface area contributed by atoms with E-state index in [2.05, 4.69) is 10.6 Å². The number of alkyl carbamates (subject to hydrolysis) is 1. The number of anilines is 1. The Morgan fingerprint density at radius 1 is 1.03 bits per heavy atom. The van der Waals surface area contributed by atoms with Crippen LogP contribution < -0.4 is 21.3 Å². The number of rotatable bonds is 7. The molecule has 0 aromatic heterocycles. The van der Waals surface area contributed by atoms with Crippen LogP contribution in [0.5, 0.6) is 0 Å². The number of carbonyl (C=O) groups excluding carboxylic acids is 3. The topological polar surface area (TPSA) is 114 Å². The maximum atomic E-state index is 13.7. The van der Waals surface area contributed by atoms with E-state index < -0.39 is 17.7 Å². The molecule has 3 aromatic rings. The first-order valence-corrected chi connectivity index (χ1v) is 12.7. The first-order chi connectivity index (χ1) is 18.2. The summed E-state index contributed by atoms with van der Waals surface area (Å²) >= 11 is 0. The van der Waals surface area contributed by atoms with E-state index in [-0.39, 0.29) is 18.4 Å². The second-order valence-corrected chi connectivity index (χ2v) is 10.0. The van der Waals surface area contributed by atoms with Gasteiger partial charge in [0.2, 0.25) is 11.8 Å². The van der Waals surface area contributed by atoms with E-state index in [1.807, 2.05) is 72.8 Å². The zero-order valence-electron chi connectivity index (χ0n) is 22.0. The summed E-state index contributed by atoms with van der Waals surface area (Å²) in [5.74, 6) is -0.515. The van der Waals surface area contributed by atoms with Gasteiger partial charge in [-0.15, -0.1) is 0 Å². The lowest BCUT2D eigenvalue weighted by molar-refractivity contribution is -0.130. The molecule has 3 amide bonds. The zero-order valence-corrected chi connectivity index (χ0v) is 22.0. The third kappa shape index (κ3) is 6.20. The average molecular weight is 515 g/mol. The van der Waals surface area contributed by atoms with Crippen LogP contribution >= 0.6 is 0 Å². The Hall–Kier alpha value is -4.17. The van der Waals surface area contributed by atoms with Crippen LogP contribution in [0.25, 0.3) is 11.1 Å². The lowest BCUT2D eigenvalue weighted by Crippen LogP contribution is -2.56. The highest BCUT2D eigenvalue weighted by Gasteiger charge is 2.34. The highest BCUT2D eigenvalue weighted by atomic mass is 16.5. The Morgan fingerprint density at radius 3 is 2.42 bits per heavy atom. The van der Waals surface area contributed by atoms with E-state index >= 15 is 0 Å². The Kier molecular flexibility index (Phi) is 8.12. The Labute approximate surface area is 223 Å². The predicted molar refractivity (Wildman–Crippen MR) is 147 cm³/mol. The number of aryl methyl sites for hydroxylation is 1. The minimum absolute atomic E-state index is 0.156. The van der Waals surface area contributed by atoms with Gasteiger partial charge in [0.15, 0.2) is 0 Å². The van der Waals surface area contributed by atoms with E-state index in [4.69, 9.17) is 10.5 Å². The molecule has 0 aliphatic carbocycles. The molecule has 38 heavy (non-hydrogen) atoms. The molecule has 0 unspecified atom stereocenters. The van der Waals surface area contributed by atoms with Gasteiger partial charge >= 0.3 is 6.09 Å². The van der Waals surface area contributed by atoms with Gasteiger partial charge in [0.05, 0.1) is 12.1 Å². The summed E-state index contributed by atoms with van der Waals surface area (Å²) in [6.07, 6.45) is 0.687. The van der Waals surface area contributed by atoms with Gasteiger partial charge in [-0.3, -0.25) is 9.59 Å². The minimum Gasteiger partial charge on any atom is -0.445 e. The largest absolute Gasteiger partial charge is 0.445 e. The van der Waals surface area contributed by atoms with Gasteiger partial charge in [-0.2, -0.15) is 0 Å². The fourth-order valence-corrected chi connectivity index (χ4v) is 4.47. The number of hydrogen-bond donors (Lipinski definition) is 3. The van der Waals surface area contributed by atoms with Crippen molar-refractivity contribution in [1.29, 1.82) is 0 Å².